The summed E-state index contributed by atoms with van der Waals surface area (Å²) in [6.45, 7) is 7.75. The number of hydrogen-bond acceptors (Lipinski definition) is 6. The van der Waals surface area contributed by atoms with Gasteiger partial charge >= 0.3 is 0 Å². The Morgan fingerprint density at radius 2 is 1.72 bits per heavy atom. The van der Waals surface area contributed by atoms with E-state index in [9.17, 15) is 0 Å². The standard InChI is InChI=1S/C28H40N6OS/c1-22-10-6-9-17-34(22)25-20-24(33-15-7-3-8-16-33)30-26(31-25)32-27(36)29-21-28(13-18-35-19-14-28)23-11-4-2-5-12-23/h2,4-5,11-12,20,22H,3,6-10,13-19,21H2,1H3,(H2,29,30,31,32,36)/t22-/m0/s1. The second-order valence-corrected chi connectivity index (χ2v) is 11.0. The number of nitrogens with one attached hydrogen (secondary N) is 2. The largest absolute Gasteiger partial charge is 0.381 e. The number of benzene rings is 1. The van der Waals surface area contributed by atoms with Gasteiger partial charge < -0.3 is 25.2 Å². The number of ether oxygens (including phenoxy) is 1. The van der Waals surface area contributed by atoms with Crippen LogP contribution >= 0.6 is 12.2 Å². The average molecular weight is 509 g/mol. The molecule has 0 radical (unpaired) electrons. The molecular formula is C28H40N6OS. The number of anilines is 3. The minimum Gasteiger partial charge on any atom is -0.381 e. The fraction of sp³-hybridized carbons (Fsp3) is 0.607. The molecule has 0 aliphatic carbocycles. The molecule has 36 heavy (non-hydrogen) atoms. The smallest absolute Gasteiger partial charge is 0.232 e. The van der Waals surface area contributed by atoms with Gasteiger partial charge in [-0.25, -0.2) is 0 Å². The molecule has 194 valence electrons. The molecule has 3 aliphatic heterocycles. The Kier molecular flexibility index (Phi) is 8.22. The second kappa shape index (κ2) is 11.7. The minimum absolute atomic E-state index is 0.0101. The Balaban J connectivity index is 1.33. The van der Waals surface area contributed by atoms with Crippen LogP contribution in [-0.4, -0.2) is 60.5 Å². The normalized spacial score (nSPS) is 22.2. The molecule has 1 aromatic carbocycles. The first kappa shape index (κ1) is 25.2. The van der Waals surface area contributed by atoms with Gasteiger partial charge in [0.25, 0.3) is 0 Å². The maximum Gasteiger partial charge on any atom is 0.232 e. The van der Waals surface area contributed by atoms with Crippen molar-refractivity contribution >= 4 is 34.9 Å². The van der Waals surface area contributed by atoms with Gasteiger partial charge in [0.1, 0.15) is 11.6 Å². The molecule has 1 atom stereocenters. The molecule has 7 nitrogen and oxygen atoms in total. The summed E-state index contributed by atoms with van der Waals surface area (Å²) in [5, 5.41) is 7.42. The van der Waals surface area contributed by atoms with E-state index in [1.807, 2.05) is 0 Å². The Labute approximate surface area is 221 Å². The maximum atomic E-state index is 5.77. The predicted molar refractivity (Wildman–Crippen MR) is 151 cm³/mol. The van der Waals surface area contributed by atoms with Gasteiger partial charge in [0, 0.05) is 56.9 Å². The molecule has 8 heteroatoms. The highest BCUT2D eigenvalue weighted by Gasteiger charge is 2.34. The highest BCUT2D eigenvalue weighted by Crippen LogP contribution is 2.34. The molecule has 3 fully saturated rings. The molecule has 2 aromatic rings. The maximum absolute atomic E-state index is 5.77. The lowest BCUT2D eigenvalue weighted by Crippen LogP contribution is -2.45. The highest BCUT2D eigenvalue weighted by molar-refractivity contribution is 7.80. The monoisotopic (exact) mass is 508 g/mol. The van der Waals surface area contributed by atoms with Crippen molar-refractivity contribution in [2.45, 2.75) is 69.7 Å². The van der Waals surface area contributed by atoms with Crippen LogP contribution in [-0.2, 0) is 10.2 Å². The van der Waals surface area contributed by atoms with Crippen LogP contribution in [0.3, 0.4) is 0 Å². The fourth-order valence-corrected chi connectivity index (χ4v) is 6.03. The van der Waals surface area contributed by atoms with E-state index in [2.05, 4.69) is 63.8 Å². The number of hydrogen-bond donors (Lipinski definition) is 2. The van der Waals surface area contributed by atoms with E-state index in [-0.39, 0.29) is 5.41 Å². The first-order valence-corrected chi connectivity index (χ1v) is 14.1. The van der Waals surface area contributed by atoms with Gasteiger partial charge in [0.05, 0.1) is 0 Å². The summed E-state index contributed by atoms with van der Waals surface area (Å²) in [7, 11) is 0. The summed E-state index contributed by atoms with van der Waals surface area (Å²) >= 11 is 5.77. The van der Waals surface area contributed by atoms with Crippen molar-refractivity contribution in [3.8, 4) is 0 Å². The van der Waals surface area contributed by atoms with E-state index in [0.29, 0.717) is 17.1 Å². The SMILES string of the molecule is C[C@H]1CCCCN1c1cc(N2CCCCC2)nc(NC(=S)NCC2(c3ccccc3)CCOCC2)n1. The molecule has 0 spiro atoms. The van der Waals surface area contributed by atoms with Crippen molar-refractivity contribution in [2.75, 3.05) is 54.5 Å². The highest BCUT2D eigenvalue weighted by atomic mass is 32.1. The second-order valence-electron chi connectivity index (χ2n) is 10.6. The zero-order chi connectivity index (χ0) is 24.8. The summed E-state index contributed by atoms with van der Waals surface area (Å²) in [4.78, 5) is 14.7. The van der Waals surface area contributed by atoms with Crippen molar-refractivity contribution in [1.29, 1.82) is 0 Å². The number of nitrogens with zero attached hydrogens (tertiary/aromatic N) is 4. The zero-order valence-corrected chi connectivity index (χ0v) is 22.4. The number of piperidine rings is 2. The average Bonchev–Trinajstić information content (AvgIpc) is 2.93. The van der Waals surface area contributed by atoms with E-state index < -0.39 is 0 Å². The molecule has 2 N–H and O–H groups in total. The summed E-state index contributed by atoms with van der Waals surface area (Å²) in [5.74, 6) is 2.60. The van der Waals surface area contributed by atoms with Gasteiger partial charge in [-0.1, -0.05) is 30.3 Å². The molecule has 0 unspecified atom stereocenters. The van der Waals surface area contributed by atoms with Gasteiger partial charge in [-0.05, 0) is 76.1 Å². The van der Waals surface area contributed by atoms with Crippen LogP contribution < -0.4 is 20.4 Å². The molecule has 0 saturated carbocycles. The van der Waals surface area contributed by atoms with Crippen molar-refractivity contribution < 1.29 is 4.74 Å². The molecule has 3 saturated heterocycles. The van der Waals surface area contributed by atoms with Gasteiger partial charge in [-0.3, -0.25) is 0 Å². The third kappa shape index (κ3) is 5.92. The number of aromatic nitrogens is 2. The van der Waals surface area contributed by atoms with Crippen LogP contribution in [0.1, 0.15) is 63.9 Å². The van der Waals surface area contributed by atoms with Crippen LogP contribution in [0.15, 0.2) is 36.4 Å². The zero-order valence-electron chi connectivity index (χ0n) is 21.5. The first-order chi connectivity index (χ1) is 17.6. The van der Waals surface area contributed by atoms with Crippen LogP contribution in [0.4, 0.5) is 17.6 Å². The quantitative estimate of drug-likeness (QED) is 0.535. The Hall–Kier alpha value is -2.45. The van der Waals surface area contributed by atoms with Crippen LogP contribution in [0, 0.1) is 0 Å². The lowest BCUT2D eigenvalue weighted by Gasteiger charge is -2.38. The summed E-state index contributed by atoms with van der Waals surface area (Å²) in [5.41, 5.74) is 1.35. The van der Waals surface area contributed by atoms with E-state index in [4.69, 9.17) is 26.9 Å². The summed E-state index contributed by atoms with van der Waals surface area (Å²) in [6.07, 6.45) is 9.38. The number of thiocarbonyl (C=S) groups is 1. The predicted octanol–water partition coefficient (Wildman–Crippen LogP) is 4.88. The van der Waals surface area contributed by atoms with Crippen LogP contribution in [0.25, 0.3) is 0 Å². The van der Waals surface area contributed by atoms with Crippen molar-refractivity contribution in [2.24, 2.45) is 0 Å². The van der Waals surface area contributed by atoms with Gasteiger partial charge in [0.2, 0.25) is 5.95 Å². The number of rotatable bonds is 6. The summed E-state index contributed by atoms with van der Waals surface area (Å²) in [6, 6.07) is 13.4. The van der Waals surface area contributed by atoms with Gasteiger partial charge in [-0.2, -0.15) is 9.97 Å². The molecular weight excluding hydrogens is 468 g/mol. The van der Waals surface area contributed by atoms with E-state index in [1.54, 1.807) is 0 Å². The van der Waals surface area contributed by atoms with Crippen molar-refractivity contribution in [3.05, 3.63) is 42.0 Å². The van der Waals surface area contributed by atoms with E-state index in [0.717, 1.165) is 63.9 Å². The van der Waals surface area contributed by atoms with Crippen molar-refractivity contribution in [3.63, 3.8) is 0 Å². The third-order valence-electron chi connectivity index (χ3n) is 8.13. The topological polar surface area (TPSA) is 65.5 Å². The van der Waals surface area contributed by atoms with Gasteiger partial charge in [0.15, 0.2) is 5.11 Å². The Bertz CT molecular complexity index is 1010. The Morgan fingerprint density at radius 3 is 2.47 bits per heavy atom. The first-order valence-electron chi connectivity index (χ1n) is 13.7. The van der Waals surface area contributed by atoms with Crippen LogP contribution in [0.2, 0.25) is 0 Å². The van der Waals surface area contributed by atoms with Crippen molar-refractivity contribution in [1.82, 2.24) is 15.3 Å². The van der Waals surface area contributed by atoms with Crippen LogP contribution in [0.5, 0.6) is 0 Å². The molecule has 4 heterocycles. The molecule has 0 bridgehead atoms. The van der Waals surface area contributed by atoms with Gasteiger partial charge in [-0.15, -0.1) is 0 Å². The minimum atomic E-state index is 0.0101. The third-order valence-corrected chi connectivity index (χ3v) is 8.37. The molecule has 3 aliphatic rings. The molecule has 0 amide bonds. The molecule has 1 aromatic heterocycles. The van der Waals surface area contributed by atoms with E-state index in [1.165, 1.54) is 44.1 Å². The van der Waals surface area contributed by atoms with E-state index >= 15 is 0 Å². The lowest BCUT2D eigenvalue weighted by atomic mass is 9.74. The fourth-order valence-electron chi connectivity index (χ4n) is 5.87. The Morgan fingerprint density at radius 1 is 1.00 bits per heavy atom. The lowest BCUT2D eigenvalue weighted by molar-refractivity contribution is 0.0515. The summed E-state index contributed by atoms with van der Waals surface area (Å²) < 4.78 is 5.69. The molecule has 5 rings (SSSR count).